The highest BCUT2D eigenvalue weighted by atomic mass is 16.5. The molecule has 0 aliphatic heterocycles. The van der Waals surface area contributed by atoms with Crippen molar-refractivity contribution < 1.29 is 9.53 Å². The predicted octanol–water partition coefficient (Wildman–Crippen LogP) is 1.61. The maximum absolute atomic E-state index is 10.1. The van der Waals surface area contributed by atoms with E-state index in [9.17, 15) is 4.79 Å². The minimum atomic E-state index is 0.305. The number of anilines is 1. The smallest absolute Gasteiger partial charge is 0.142 e. The molecule has 1 N–H and O–H groups in total. The summed E-state index contributed by atoms with van der Waals surface area (Å²) in [5.41, 5.74) is 1.98. The maximum Gasteiger partial charge on any atom is 0.142 e. The molecule has 0 atom stereocenters. The lowest BCUT2D eigenvalue weighted by Crippen LogP contribution is -2.03. The number of carbonyl (C=O) groups excluding carboxylic acids is 1. The second-order valence-electron chi connectivity index (χ2n) is 2.75. The minimum absolute atomic E-state index is 0.305. The van der Waals surface area contributed by atoms with Gasteiger partial charge in [-0.2, -0.15) is 0 Å². The van der Waals surface area contributed by atoms with E-state index in [-0.39, 0.29) is 0 Å². The van der Waals surface area contributed by atoms with Gasteiger partial charge in [0.2, 0.25) is 0 Å². The number of ether oxygens (including phenoxy) is 1. The van der Waals surface area contributed by atoms with E-state index in [1.165, 1.54) is 0 Å². The van der Waals surface area contributed by atoms with E-state index in [0.29, 0.717) is 6.54 Å². The Kier molecular flexibility index (Phi) is 3.31. The van der Waals surface area contributed by atoms with Gasteiger partial charge in [0.15, 0.2) is 0 Å². The van der Waals surface area contributed by atoms with Crippen LogP contribution in [0.4, 0.5) is 5.69 Å². The fourth-order valence-corrected chi connectivity index (χ4v) is 1.10. The molecule has 0 amide bonds. The Bertz CT molecular complexity index is 297. The molecule has 70 valence electrons. The number of hydrogen-bond acceptors (Lipinski definition) is 3. The summed E-state index contributed by atoms with van der Waals surface area (Å²) in [4.78, 5) is 10.1. The van der Waals surface area contributed by atoms with Crippen LogP contribution in [-0.4, -0.2) is 19.9 Å². The van der Waals surface area contributed by atoms with Crippen molar-refractivity contribution in [2.24, 2.45) is 0 Å². The highest BCUT2D eigenvalue weighted by molar-refractivity contribution is 5.64. The van der Waals surface area contributed by atoms with Crippen LogP contribution in [0.1, 0.15) is 5.56 Å². The number of aryl methyl sites for hydroxylation is 1. The van der Waals surface area contributed by atoms with Crippen molar-refractivity contribution in [1.82, 2.24) is 0 Å². The Labute approximate surface area is 77.7 Å². The Morgan fingerprint density at radius 3 is 2.92 bits per heavy atom. The summed E-state index contributed by atoms with van der Waals surface area (Å²) in [5.74, 6) is 0.766. The van der Waals surface area contributed by atoms with E-state index in [0.717, 1.165) is 23.3 Å². The molecule has 0 fully saturated rings. The molecule has 0 saturated heterocycles. The van der Waals surface area contributed by atoms with Crippen molar-refractivity contribution in [2.75, 3.05) is 19.0 Å². The van der Waals surface area contributed by atoms with Gasteiger partial charge in [-0.3, -0.25) is 0 Å². The van der Waals surface area contributed by atoms with E-state index in [2.05, 4.69) is 5.32 Å². The first kappa shape index (κ1) is 9.58. The molecule has 0 aliphatic rings. The molecule has 1 aromatic carbocycles. The highest BCUT2D eigenvalue weighted by Gasteiger charge is 2.00. The first-order valence-corrected chi connectivity index (χ1v) is 4.10. The predicted molar refractivity (Wildman–Crippen MR) is 52.3 cm³/mol. The second-order valence-corrected chi connectivity index (χ2v) is 2.75. The summed E-state index contributed by atoms with van der Waals surface area (Å²) < 4.78 is 5.14. The summed E-state index contributed by atoms with van der Waals surface area (Å²) in [5, 5.41) is 2.95. The van der Waals surface area contributed by atoms with Gasteiger partial charge in [-0.05, 0) is 24.6 Å². The molecule has 3 heteroatoms. The van der Waals surface area contributed by atoms with Crippen LogP contribution >= 0.6 is 0 Å². The average Bonchev–Trinajstić information content (AvgIpc) is 2.16. The third kappa shape index (κ3) is 2.47. The van der Waals surface area contributed by atoms with Crippen molar-refractivity contribution in [2.45, 2.75) is 6.92 Å². The van der Waals surface area contributed by atoms with Crippen molar-refractivity contribution >= 4 is 12.0 Å². The monoisotopic (exact) mass is 179 g/mol. The molecule has 0 bridgehead atoms. The van der Waals surface area contributed by atoms with Gasteiger partial charge in [0.1, 0.15) is 12.0 Å². The van der Waals surface area contributed by atoms with Gasteiger partial charge in [0, 0.05) is 0 Å². The van der Waals surface area contributed by atoms with Crippen molar-refractivity contribution in [3.05, 3.63) is 23.8 Å². The molecule has 0 heterocycles. The molecule has 0 aliphatic carbocycles. The maximum atomic E-state index is 10.1. The Morgan fingerprint density at radius 1 is 1.54 bits per heavy atom. The number of aldehydes is 1. The zero-order chi connectivity index (χ0) is 9.68. The fraction of sp³-hybridized carbons (Fsp3) is 0.300. The highest BCUT2D eigenvalue weighted by Crippen LogP contribution is 2.24. The van der Waals surface area contributed by atoms with Crippen LogP contribution in [0, 0.1) is 6.92 Å². The largest absolute Gasteiger partial charge is 0.495 e. The number of benzene rings is 1. The van der Waals surface area contributed by atoms with E-state index in [4.69, 9.17) is 4.74 Å². The van der Waals surface area contributed by atoms with Crippen molar-refractivity contribution in [3.8, 4) is 5.75 Å². The van der Waals surface area contributed by atoms with Crippen LogP contribution < -0.4 is 10.1 Å². The Hall–Kier alpha value is -1.51. The van der Waals surface area contributed by atoms with Gasteiger partial charge in [0.25, 0.3) is 0 Å². The van der Waals surface area contributed by atoms with Crippen LogP contribution in [0.25, 0.3) is 0 Å². The average molecular weight is 179 g/mol. The van der Waals surface area contributed by atoms with Crippen LogP contribution in [0.15, 0.2) is 18.2 Å². The van der Waals surface area contributed by atoms with Crippen LogP contribution in [0.2, 0.25) is 0 Å². The topological polar surface area (TPSA) is 38.3 Å². The Balaban J connectivity index is 2.85. The first-order valence-electron chi connectivity index (χ1n) is 4.10. The molecule has 0 aromatic heterocycles. The SMILES string of the molecule is COc1cc(C)ccc1NCC=O. The van der Waals surface area contributed by atoms with Crippen LogP contribution in [0.3, 0.4) is 0 Å². The lowest BCUT2D eigenvalue weighted by molar-refractivity contribution is -0.106. The molecule has 13 heavy (non-hydrogen) atoms. The lowest BCUT2D eigenvalue weighted by atomic mass is 10.2. The molecule has 0 saturated carbocycles. The fourth-order valence-electron chi connectivity index (χ4n) is 1.10. The summed E-state index contributed by atoms with van der Waals surface area (Å²) in [6.07, 6.45) is 0.819. The normalized spacial score (nSPS) is 9.38. The lowest BCUT2D eigenvalue weighted by Gasteiger charge is -2.09. The molecule has 0 radical (unpaired) electrons. The van der Waals surface area contributed by atoms with Crippen LogP contribution in [-0.2, 0) is 4.79 Å². The van der Waals surface area contributed by atoms with Gasteiger partial charge in [-0.15, -0.1) is 0 Å². The van der Waals surface area contributed by atoms with Crippen molar-refractivity contribution in [1.29, 1.82) is 0 Å². The molecule has 1 rings (SSSR count). The standard InChI is InChI=1S/C10H13NO2/c1-8-3-4-9(11-5-6-12)10(7-8)13-2/h3-4,6-7,11H,5H2,1-2H3. The van der Waals surface area contributed by atoms with Gasteiger partial charge >= 0.3 is 0 Å². The number of methoxy groups -OCH3 is 1. The van der Waals surface area contributed by atoms with E-state index >= 15 is 0 Å². The molecule has 1 aromatic rings. The van der Waals surface area contributed by atoms with Gasteiger partial charge in [0.05, 0.1) is 19.3 Å². The third-order valence-corrected chi connectivity index (χ3v) is 1.73. The van der Waals surface area contributed by atoms with E-state index in [1.54, 1.807) is 7.11 Å². The summed E-state index contributed by atoms with van der Waals surface area (Å²) in [7, 11) is 1.61. The van der Waals surface area contributed by atoms with Gasteiger partial charge in [-0.25, -0.2) is 0 Å². The molecular formula is C10H13NO2. The second kappa shape index (κ2) is 4.50. The van der Waals surface area contributed by atoms with E-state index in [1.807, 2.05) is 25.1 Å². The molecule has 0 spiro atoms. The van der Waals surface area contributed by atoms with Gasteiger partial charge < -0.3 is 14.8 Å². The number of hydrogen-bond donors (Lipinski definition) is 1. The number of rotatable bonds is 4. The summed E-state index contributed by atoms with van der Waals surface area (Å²) in [6, 6.07) is 5.79. The third-order valence-electron chi connectivity index (χ3n) is 1.73. The zero-order valence-corrected chi connectivity index (χ0v) is 7.83. The number of nitrogens with one attached hydrogen (secondary N) is 1. The quantitative estimate of drug-likeness (QED) is 0.714. The zero-order valence-electron chi connectivity index (χ0n) is 7.83. The Morgan fingerprint density at radius 2 is 2.31 bits per heavy atom. The van der Waals surface area contributed by atoms with E-state index < -0.39 is 0 Å². The number of carbonyl (C=O) groups is 1. The molecule has 0 unspecified atom stereocenters. The summed E-state index contributed by atoms with van der Waals surface area (Å²) >= 11 is 0. The molecular weight excluding hydrogens is 166 g/mol. The van der Waals surface area contributed by atoms with Gasteiger partial charge in [-0.1, -0.05) is 6.07 Å². The molecule has 3 nitrogen and oxygen atoms in total. The summed E-state index contributed by atoms with van der Waals surface area (Å²) in [6.45, 7) is 2.30. The first-order chi connectivity index (χ1) is 6.27. The minimum Gasteiger partial charge on any atom is -0.495 e. The van der Waals surface area contributed by atoms with Crippen LogP contribution in [0.5, 0.6) is 5.75 Å². The van der Waals surface area contributed by atoms with Crippen molar-refractivity contribution in [3.63, 3.8) is 0 Å².